The molecule has 2 N–H and O–H groups in total. The molecule has 0 aromatic carbocycles. The zero-order valence-electron chi connectivity index (χ0n) is 9.99. The van der Waals surface area contributed by atoms with Gasteiger partial charge in [0.2, 0.25) is 0 Å². The van der Waals surface area contributed by atoms with Gasteiger partial charge in [-0.25, -0.2) is 0 Å². The van der Waals surface area contributed by atoms with Crippen molar-refractivity contribution < 1.29 is 9.47 Å². The maximum atomic E-state index is 5.59. The molecule has 1 atom stereocenters. The third kappa shape index (κ3) is 2.81. The van der Waals surface area contributed by atoms with E-state index in [1.807, 2.05) is 26.2 Å². The SMILES string of the molecule is CC(NC1COC(C)(C)OC1)c1cn[nH]c1. The molecule has 0 spiro atoms. The van der Waals surface area contributed by atoms with Crippen LogP contribution in [-0.2, 0) is 9.47 Å². The van der Waals surface area contributed by atoms with Crippen molar-refractivity contribution >= 4 is 0 Å². The predicted octanol–water partition coefficient (Wildman–Crippen LogP) is 1.21. The van der Waals surface area contributed by atoms with E-state index >= 15 is 0 Å². The van der Waals surface area contributed by atoms with E-state index in [1.165, 1.54) is 0 Å². The first-order valence-corrected chi connectivity index (χ1v) is 5.59. The minimum absolute atomic E-state index is 0.234. The molecule has 1 fully saturated rings. The van der Waals surface area contributed by atoms with Crippen molar-refractivity contribution in [3.05, 3.63) is 18.0 Å². The van der Waals surface area contributed by atoms with Crippen molar-refractivity contribution in [1.82, 2.24) is 15.5 Å². The van der Waals surface area contributed by atoms with Gasteiger partial charge < -0.3 is 14.8 Å². The Hall–Kier alpha value is -0.910. The quantitative estimate of drug-likeness (QED) is 0.812. The number of hydrogen-bond acceptors (Lipinski definition) is 4. The number of aromatic nitrogens is 2. The number of H-pyrrole nitrogens is 1. The zero-order chi connectivity index (χ0) is 11.6. The molecule has 0 amide bonds. The highest BCUT2D eigenvalue weighted by atomic mass is 16.7. The van der Waals surface area contributed by atoms with Gasteiger partial charge >= 0.3 is 0 Å². The van der Waals surface area contributed by atoms with Crippen LogP contribution in [0.3, 0.4) is 0 Å². The fourth-order valence-corrected chi connectivity index (χ4v) is 1.74. The van der Waals surface area contributed by atoms with Crippen LogP contribution in [0.15, 0.2) is 12.4 Å². The van der Waals surface area contributed by atoms with Crippen molar-refractivity contribution in [2.24, 2.45) is 0 Å². The van der Waals surface area contributed by atoms with Gasteiger partial charge in [-0.15, -0.1) is 0 Å². The van der Waals surface area contributed by atoms with Crippen molar-refractivity contribution in [1.29, 1.82) is 0 Å². The van der Waals surface area contributed by atoms with Gasteiger partial charge in [0.1, 0.15) is 0 Å². The molecule has 16 heavy (non-hydrogen) atoms. The van der Waals surface area contributed by atoms with E-state index < -0.39 is 5.79 Å². The molecular weight excluding hydrogens is 206 g/mol. The smallest absolute Gasteiger partial charge is 0.162 e. The van der Waals surface area contributed by atoms with Gasteiger partial charge in [-0.3, -0.25) is 5.10 Å². The number of nitrogens with one attached hydrogen (secondary N) is 2. The summed E-state index contributed by atoms with van der Waals surface area (Å²) in [6.45, 7) is 7.32. The Morgan fingerprint density at radius 3 is 2.75 bits per heavy atom. The lowest BCUT2D eigenvalue weighted by molar-refractivity contribution is -0.253. The maximum absolute atomic E-state index is 5.59. The van der Waals surface area contributed by atoms with E-state index in [0.717, 1.165) is 5.56 Å². The van der Waals surface area contributed by atoms with Crippen LogP contribution in [0.25, 0.3) is 0 Å². The Balaban J connectivity index is 1.83. The summed E-state index contributed by atoms with van der Waals surface area (Å²) in [4.78, 5) is 0. The molecule has 0 aliphatic carbocycles. The number of hydrogen-bond donors (Lipinski definition) is 2. The molecule has 5 heteroatoms. The minimum Gasteiger partial charge on any atom is -0.349 e. The summed E-state index contributed by atoms with van der Waals surface area (Å²) in [5, 5.41) is 10.2. The molecule has 1 aromatic heterocycles. The van der Waals surface area contributed by atoms with Gasteiger partial charge in [0.25, 0.3) is 0 Å². The molecule has 1 saturated heterocycles. The Bertz CT molecular complexity index is 314. The van der Waals surface area contributed by atoms with Gasteiger partial charge in [0, 0.05) is 17.8 Å². The Kier molecular flexibility index (Phi) is 3.28. The molecule has 0 bridgehead atoms. The van der Waals surface area contributed by atoms with Crippen LogP contribution >= 0.6 is 0 Å². The van der Waals surface area contributed by atoms with Crippen LogP contribution in [0.2, 0.25) is 0 Å². The third-order valence-corrected chi connectivity index (χ3v) is 2.77. The summed E-state index contributed by atoms with van der Waals surface area (Å²) in [7, 11) is 0. The minimum atomic E-state index is -0.447. The molecule has 2 heterocycles. The average molecular weight is 225 g/mol. The van der Waals surface area contributed by atoms with Crippen molar-refractivity contribution in [2.45, 2.75) is 38.6 Å². The molecule has 0 saturated carbocycles. The van der Waals surface area contributed by atoms with Crippen molar-refractivity contribution in [2.75, 3.05) is 13.2 Å². The predicted molar refractivity (Wildman–Crippen MR) is 59.9 cm³/mol. The van der Waals surface area contributed by atoms with Gasteiger partial charge in [0.05, 0.1) is 25.5 Å². The Morgan fingerprint density at radius 2 is 2.19 bits per heavy atom. The maximum Gasteiger partial charge on any atom is 0.162 e. The van der Waals surface area contributed by atoms with E-state index in [9.17, 15) is 0 Å². The summed E-state index contributed by atoms with van der Waals surface area (Å²) < 4.78 is 11.2. The highest BCUT2D eigenvalue weighted by Crippen LogP contribution is 2.19. The fraction of sp³-hybridized carbons (Fsp3) is 0.727. The van der Waals surface area contributed by atoms with Crippen LogP contribution in [-0.4, -0.2) is 35.2 Å². The number of ether oxygens (including phenoxy) is 2. The highest BCUT2D eigenvalue weighted by molar-refractivity contribution is 5.08. The second-order valence-electron chi connectivity index (χ2n) is 4.64. The number of rotatable bonds is 3. The van der Waals surface area contributed by atoms with E-state index in [1.54, 1.807) is 0 Å². The van der Waals surface area contributed by atoms with Gasteiger partial charge in [-0.1, -0.05) is 0 Å². The van der Waals surface area contributed by atoms with Crippen molar-refractivity contribution in [3.8, 4) is 0 Å². The molecule has 1 unspecified atom stereocenters. The molecular formula is C11H19N3O2. The average Bonchev–Trinajstić information content (AvgIpc) is 2.74. The van der Waals surface area contributed by atoms with E-state index in [4.69, 9.17) is 9.47 Å². The summed E-state index contributed by atoms with van der Waals surface area (Å²) in [6.07, 6.45) is 3.72. The Labute approximate surface area is 95.5 Å². The summed E-state index contributed by atoms with van der Waals surface area (Å²) >= 11 is 0. The van der Waals surface area contributed by atoms with Gasteiger partial charge in [-0.05, 0) is 20.8 Å². The number of aromatic amines is 1. The molecule has 0 radical (unpaired) electrons. The monoisotopic (exact) mass is 225 g/mol. The molecule has 1 aromatic rings. The summed E-state index contributed by atoms with van der Waals surface area (Å²) in [5.41, 5.74) is 1.14. The second-order valence-corrected chi connectivity index (χ2v) is 4.64. The first-order valence-electron chi connectivity index (χ1n) is 5.59. The van der Waals surface area contributed by atoms with Crippen LogP contribution in [0.5, 0.6) is 0 Å². The lowest BCUT2D eigenvalue weighted by Crippen LogP contribution is -2.49. The van der Waals surface area contributed by atoms with Crippen LogP contribution in [0.1, 0.15) is 32.4 Å². The van der Waals surface area contributed by atoms with E-state index in [0.29, 0.717) is 13.2 Å². The van der Waals surface area contributed by atoms with Crippen LogP contribution in [0.4, 0.5) is 0 Å². The third-order valence-electron chi connectivity index (χ3n) is 2.77. The fourth-order valence-electron chi connectivity index (χ4n) is 1.74. The molecule has 1 aliphatic heterocycles. The van der Waals surface area contributed by atoms with Gasteiger partial charge in [0.15, 0.2) is 5.79 Å². The topological polar surface area (TPSA) is 59.2 Å². The first kappa shape index (κ1) is 11.6. The lowest BCUT2D eigenvalue weighted by atomic mass is 10.1. The van der Waals surface area contributed by atoms with E-state index in [-0.39, 0.29) is 12.1 Å². The van der Waals surface area contributed by atoms with Gasteiger partial charge in [-0.2, -0.15) is 5.10 Å². The summed E-state index contributed by atoms with van der Waals surface area (Å²) in [5.74, 6) is -0.447. The second kappa shape index (κ2) is 4.53. The number of nitrogens with zero attached hydrogens (tertiary/aromatic N) is 1. The molecule has 1 aliphatic rings. The molecule has 2 rings (SSSR count). The molecule has 90 valence electrons. The largest absolute Gasteiger partial charge is 0.349 e. The van der Waals surface area contributed by atoms with Crippen LogP contribution in [0, 0.1) is 0 Å². The van der Waals surface area contributed by atoms with Crippen LogP contribution < -0.4 is 5.32 Å². The molecule has 5 nitrogen and oxygen atoms in total. The highest BCUT2D eigenvalue weighted by Gasteiger charge is 2.28. The van der Waals surface area contributed by atoms with Crippen molar-refractivity contribution in [3.63, 3.8) is 0 Å². The Morgan fingerprint density at radius 1 is 1.50 bits per heavy atom. The standard InChI is InChI=1S/C11H19N3O2/c1-8(9-4-12-13-5-9)14-10-6-15-11(2,3)16-7-10/h4-5,8,10,14H,6-7H2,1-3H3,(H,12,13). The normalized spacial score (nSPS) is 23.2. The summed E-state index contributed by atoms with van der Waals surface area (Å²) in [6, 6.07) is 0.482. The van der Waals surface area contributed by atoms with E-state index in [2.05, 4.69) is 22.4 Å². The lowest BCUT2D eigenvalue weighted by Gasteiger charge is -2.36. The first-order chi connectivity index (χ1) is 7.57. The zero-order valence-corrected chi connectivity index (χ0v) is 9.99.